The number of hydrogen-bond donors (Lipinski definition) is 1. The molecule has 0 radical (unpaired) electrons. The van der Waals surface area contributed by atoms with E-state index in [0.29, 0.717) is 11.4 Å². The van der Waals surface area contributed by atoms with Gasteiger partial charge in [-0.1, -0.05) is 17.7 Å². The van der Waals surface area contributed by atoms with Crippen molar-refractivity contribution < 1.29 is 9.84 Å². The third kappa shape index (κ3) is 1.58. The third-order valence-corrected chi connectivity index (χ3v) is 3.45. The first kappa shape index (κ1) is 10.8. The molecule has 17 heavy (non-hydrogen) atoms. The van der Waals surface area contributed by atoms with Gasteiger partial charge in [-0.25, -0.2) is 0 Å². The van der Waals surface area contributed by atoms with Gasteiger partial charge in [0.2, 0.25) is 0 Å². The Labute approximate surface area is 104 Å². The van der Waals surface area contributed by atoms with E-state index in [1.54, 1.807) is 0 Å². The number of pyridine rings is 1. The molecule has 1 aromatic carbocycles. The van der Waals surface area contributed by atoms with Crippen LogP contribution in [0.3, 0.4) is 0 Å². The van der Waals surface area contributed by atoms with Gasteiger partial charge in [-0.2, -0.15) is 0 Å². The Kier molecular flexibility index (Phi) is 2.45. The van der Waals surface area contributed by atoms with Crippen LogP contribution in [0.4, 0.5) is 0 Å². The lowest BCUT2D eigenvalue weighted by Gasteiger charge is -2.09. The van der Waals surface area contributed by atoms with E-state index in [9.17, 15) is 5.11 Å². The van der Waals surface area contributed by atoms with Gasteiger partial charge in [0.15, 0.2) is 0 Å². The van der Waals surface area contributed by atoms with E-state index in [1.807, 2.05) is 25.1 Å². The van der Waals surface area contributed by atoms with Crippen LogP contribution in [0.5, 0.6) is 5.75 Å². The fraction of sp³-hybridized carbons (Fsp3) is 0.308. The summed E-state index contributed by atoms with van der Waals surface area (Å²) in [5, 5.41) is 10.7. The number of aromatic nitrogens is 1. The van der Waals surface area contributed by atoms with Crippen molar-refractivity contribution in [3.05, 3.63) is 34.5 Å². The van der Waals surface area contributed by atoms with E-state index >= 15 is 0 Å². The highest BCUT2D eigenvalue weighted by Gasteiger charge is 2.27. The van der Waals surface area contributed by atoms with Crippen LogP contribution in [0.1, 0.15) is 11.3 Å². The molecule has 0 amide bonds. The summed E-state index contributed by atoms with van der Waals surface area (Å²) in [6.45, 7) is 1.97. The minimum Gasteiger partial charge on any atom is -0.487 e. The fourth-order valence-electron chi connectivity index (χ4n) is 2.29. The van der Waals surface area contributed by atoms with Gasteiger partial charge in [0.05, 0.1) is 17.1 Å². The molecular weight excluding hydrogens is 238 g/mol. The van der Waals surface area contributed by atoms with Crippen molar-refractivity contribution in [1.82, 2.24) is 4.98 Å². The maximum Gasteiger partial charge on any atom is 0.134 e. The van der Waals surface area contributed by atoms with E-state index in [1.165, 1.54) is 0 Å². The molecule has 3 rings (SSSR count). The average molecular weight is 250 g/mol. The second-order valence-corrected chi connectivity index (χ2v) is 4.67. The maximum absolute atomic E-state index is 9.18. The van der Waals surface area contributed by atoms with Crippen molar-refractivity contribution in [2.24, 2.45) is 0 Å². The number of hydrogen-bond acceptors (Lipinski definition) is 3. The molecule has 88 valence electrons. The quantitative estimate of drug-likeness (QED) is 0.844. The largest absolute Gasteiger partial charge is 0.487 e. The lowest BCUT2D eigenvalue weighted by Crippen LogP contribution is -2.17. The number of aliphatic hydroxyl groups excluding tert-OH is 1. The van der Waals surface area contributed by atoms with E-state index in [0.717, 1.165) is 27.9 Å². The summed E-state index contributed by atoms with van der Waals surface area (Å²) in [7, 11) is 0. The molecule has 0 bridgehead atoms. The lowest BCUT2D eigenvalue weighted by atomic mass is 10.1. The molecule has 0 spiro atoms. The molecule has 1 N–H and O–H groups in total. The molecule has 3 nitrogen and oxygen atoms in total. The first-order valence-corrected chi connectivity index (χ1v) is 5.93. The summed E-state index contributed by atoms with van der Waals surface area (Å²) in [6, 6.07) is 5.66. The molecule has 4 heteroatoms. The topological polar surface area (TPSA) is 42.4 Å². The predicted octanol–water partition coefficient (Wildman–Crippen LogP) is 2.49. The monoisotopic (exact) mass is 249 g/mol. The van der Waals surface area contributed by atoms with Gasteiger partial charge >= 0.3 is 0 Å². The summed E-state index contributed by atoms with van der Waals surface area (Å²) in [5.74, 6) is 0.828. The van der Waals surface area contributed by atoms with Gasteiger partial charge in [0, 0.05) is 23.1 Å². The molecule has 1 aliphatic heterocycles. The van der Waals surface area contributed by atoms with Gasteiger partial charge in [-0.05, 0) is 19.1 Å². The predicted molar refractivity (Wildman–Crippen MR) is 66.7 cm³/mol. The number of ether oxygens (including phenoxy) is 1. The summed E-state index contributed by atoms with van der Waals surface area (Å²) in [4.78, 5) is 4.52. The van der Waals surface area contributed by atoms with Crippen molar-refractivity contribution in [2.45, 2.75) is 19.4 Å². The Morgan fingerprint density at radius 3 is 3.12 bits per heavy atom. The zero-order valence-corrected chi connectivity index (χ0v) is 10.2. The Morgan fingerprint density at radius 2 is 2.35 bits per heavy atom. The van der Waals surface area contributed by atoms with E-state index < -0.39 is 0 Å². The highest BCUT2D eigenvalue weighted by molar-refractivity contribution is 6.35. The van der Waals surface area contributed by atoms with Crippen LogP contribution >= 0.6 is 11.6 Å². The number of aryl methyl sites for hydroxylation is 1. The molecule has 0 saturated heterocycles. The minimum absolute atomic E-state index is 0.0240. The summed E-state index contributed by atoms with van der Waals surface area (Å²) in [5.41, 5.74) is 2.78. The van der Waals surface area contributed by atoms with Crippen LogP contribution in [0.2, 0.25) is 5.02 Å². The molecule has 1 atom stereocenters. The zero-order valence-electron chi connectivity index (χ0n) is 9.40. The average Bonchev–Trinajstić information content (AvgIpc) is 2.76. The smallest absolute Gasteiger partial charge is 0.134 e. The molecular formula is C13H12ClNO2. The van der Waals surface area contributed by atoms with Gasteiger partial charge in [-0.15, -0.1) is 0 Å². The number of para-hydroxylation sites is 1. The number of halogens is 1. The minimum atomic E-state index is -0.157. The van der Waals surface area contributed by atoms with Crippen LogP contribution in [0.15, 0.2) is 18.2 Å². The molecule has 2 aromatic rings. The van der Waals surface area contributed by atoms with Crippen molar-refractivity contribution in [3.8, 4) is 5.75 Å². The van der Waals surface area contributed by atoms with Crippen molar-refractivity contribution in [1.29, 1.82) is 0 Å². The number of benzene rings is 1. The normalized spacial score (nSPS) is 18.2. The summed E-state index contributed by atoms with van der Waals surface area (Å²) in [6.07, 6.45) is 0.558. The molecule has 1 aliphatic rings. The van der Waals surface area contributed by atoms with Crippen molar-refractivity contribution >= 4 is 22.5 Å². The second kappa shape index (κ2) is 3.86. The van der Waals surface area contributed by atoms with E-state index in [4.69, 9.17) is 16.3 Å². The van der Waals surface area contributed by atoms with Crippen molar-refractivity contribution in [2.75, 3.05) is 6.61 Å². The number of rotatable bonds is 1. The molecule has 0 unspecified atom stereocenters. The van der Waals surface area contributed by atoms with E-state index in [-0.39, 0.29) is 12.7 Å². The van der Waals surface area contributed by atoms with E-state index in [2.05, 4.69) is 4.98 Å². The van der Waals surface area contributed by atoms with Gasteiger partial charge < -0.3 is 9.84 Å². The van der Waals surface area contributed by atoms with Crippen LogP contribution in [0.25, 0.3) is 10.9 Å². The summed E-state index contributed by atoms with van der Waals surface area (Å²) < 4.78 is 5.76. The zero-order chi connectivity index (χ0) is 12.0. The van der Waals surface area contributed by atoms with Gasteiger partial charge in [0.25, 0.3) is 0 Å². The van der Waals surface area contributed by atoms with Crippen LogP contribution in [-0.4, -0.2) is 22.8 Å². The number of fused-ring (bicyclic) bond motifs is 3. The standard InChI is InChI=1S/C13H12ClNO2/c1-7-10-5-8(6-16)17-13(10)9-3-2-4-11(14)12(9)15-7/h2-4,8,16H,5-6H2,1H3/t8-/m1/s1. The van der Waals surface area contributed by atoms with Crippen LogP contribution in [-0.2, 0) is 6.42 Å². The van der Waals surface area contributed by atoms with Crippen molar-refractivity contribution in [3.63, 3.8) is 0 Å². The Morgan fingerprint density at radius 1 is 1.53 bits per heavy atom. The number of nitrogens with zero attached hydrogens (tertiary/aromatic N) is 1. The number of aliphatic hydroxyl groups is 1. The highest BCUT2D eigenvalue weighted by atomic mass is 35.5. The Hall–Kier alpha value is -1.32. The van der Waals surface area contributed by atoms with Crippen LogP contribution < -0.4 is 4.74 Å². The summed E-state index contributed by atoms with van der Waals surface area (Å²) >= 11 is 6.13. The third-order valence-electron chi connectivity index (χ3n) is 3.14. The molecule has 1 aromatic heterocycles. The molecule has 0 aliphatic carbocycles. The lowest BCUT2D eigenvalue weighted by molar-refractivity contribution is 0.136. The van der Waals surface area contributed by atoms with Crippen LogP contribution in [0, 0.1) is 6.92 Å². The molecule has 0 saturated carbocycles. The SMILES string of the molecule is Cc1nc2c(Cl)cccc2c2c1C[C@H](CO)O2. The first-order chi connectivity index (χ1) is 8.20. The molecule has 2 heterocycles. The van der Waals surface area contributed by atoms with Gasteiger partial charge in [-0.3, -0.25) is 4.98 Å². The highest BCUT2D eigenvalue weighted by Crippen LogP contribution is 2.38. The second-order valence-electron chi connectivity index (χ2n) is 4.27. The Balaban J connectivity index is 2.30. The maximum atomic E-state index is 9.18. The van der Waals surface area contributed by atoms with Gasteiger partial charge in [0.1, 0.15) is 11.9 Å². The fourth-order valence-corrected chi connectivity index (χ4v) is 2.50. The molecule has 0 fully saturated rings. The Bertz CT molecular complexity index is 597. The first-order valence-electron chi connectivity index (χ1n) is 5.56.